The van der Waals surface area contributed by atoms with Gasteiger partial charge in [-0.05, 0) is 51.8 Å². The Kier molecular flexibility index (Phi) is 4.18. The highest BCUT2D eigenvalue weighted by atomic mass is 19.1. The number of rotatable bonds is 2. The SMILES string of the molecule is C[C@H](O)c1cccc(F)c1N1CCC2C(CCCN2C)C1. The molecule has 116 valence electrons. The van der Waals surface area contributed by atoms with Crippen LogP contribution in [-0.4, -0.2) is 42.7 Å². The Labute approximate surface area is 126 Å². The number of nitrogens with zero attached hydrogens (tertiary/aromatic N) is 2. The zero-order valence-electron chi connectivity index (χ0n) is 12.9. The lowest BCUT2D eigenvalue weighted by atomic mass is 9.83. The van der Waals surface area contributed by atoms with Gasteiger partial charge in [0.2, 0.25) is 0 Å². The quantitative estimate of drug-likeness (QED) is 0.908. The minimum Gasteiger partial charge on any atom is -0.389 e. The molecule has 0 radical (unpaired) electrons. The highest BCUT2D eigenvalue weighted by molar-refractivity contribution is 5.56. The molecular weight excluding hydrogens is 267 g/mol. The molecule has 0 aromatic heterocycles. The van der Waals surface area contributed by atoms with Crippen LogP contribution in [0.15, 0.2) is 18.2 Å². The zero-order chi connectivity index (χ0) is 15.0. The largest absolute Gasteiger partial charge is 0.389 e. The summed E-state index contributed by atoms with van der Waals surface area (Å²) in [4.78, 5) is 4.61. The number of benzene rings is 1. The van der Waals surface area contributed by atoms with Gasteiger partial charge < -0.3 is 14.9 Å². The van der Waals surface area contributed by atoms with E-state index in [1.165, 1.54) is 25.5 Å². The first-order chi connectivity index (χ1) is 10.1. The molecule has 2 unspecified atom stereocenters. The zero-order valence-corrected chi connectivity index (χ0v) is 12.9. The number of aliphatic hydroxyl groups is 1. The van der Waals surface area contributed by atoms with Gasteiger partial charge in [0, 0.05) is 24.7 Å². The highest BCUT2D eigenvalue weighted by Gasteiger charge is 2.35. The van der Waals surface area contributed by atoms with Crippen molar-refractivity contribution >= 4 is 5.69 Å². The number of anilines is 1. The van der Waals surface area contributed by atoms with E-state index in [0.717, 1.165) is 19.5 Å². The molecule has 0 spiro atoms. The molecule has 2 fully saturated rings. The number of fused-ring (bicyclic) bond motifs is 1. The Morgan fingerprint density at radius 2 is 2.10 bits per heavy atom. The van der Waals surface area contributed by atoms with E-state index >= 15 is 0 Å². The number of hydrogen-bond donors (Lipinski definition) is 1. The Morgan fingerprint density at radius 3 is 2.86 bits per heavy atom. The van der Waals surface area contributed by atoms with Crippen LogP contribution in [0.1, 0.15) is 37.9 Å². The smallest absolute Gasteiger partial charge is 0.146 e. The number of hydrogen-bond acceptors (Lipinski definition) is 3. The number of para-hydroxylation sites is 1. The molecule has 3 atom stereocenters. The van der Waals surface area contributed by atoms with Crippen molar-refractivity contribution in [1.82, 2.24) is 4.90 Å². The number of piperidine rings is 2. The van der Waals surface area contributed by atoms with Gasteiger partial charge in [0.05, 0.1) is 11.8 Å². The Balaban J connectivity index is 1.86. The van der Waals surface area contributed by atoms with Crippen LogP contribution in [0.3, 0.4) is 0 Å². The molecule has 0 bridgehead atoms. The molecule has 21 heavy (non-hydrogen) atoms. The molecule has 1 aromatic rings. The summed E-state index contributed by atoms with van der Waals surface area (Å²) in [6.45, 7) is 4.65. The maximum atomic E-state index is 14.3. The minimum absolute atomic E-state index is 0.212. The average Bonchev–Trinajstić information content (AvgIpc) is 2.46. The lowest BCUT2D eigenvalue weighted by Gasteiger charge is -2.47. The predicted molar refractivity (Wildman–Crippen MR) is 83.0 cm³/mol. The molecule has 2 aliphatic heterocycles. The van der Waals surface area contributed by atoms with Gasteiger partial charge in [-0.15, -0.1) is 0 Å². The van der Waals surface area contributed by atoms with Gasteiger partial charge >= 0.3 is 0 Å². The van der Waals surface area contributed by atoms with E-state index in [1.54, 1.807) is 13.0 Å². The second-order valence-corrected chi connectivity index (χ2v) is 6.54. The van der Waals surface area contributed by atoms with E-state index in [1.807, 2.05) is 6.07 Å². The van der Waals surface area contributed by atoms with Crippen LogP contribution in [0.4, 0.5) is 10.1 Å². The predicted octanol–water partition coefficient (Wildman–Crippen LogP) is 2.80. The standard InChI is InChI=1S/C17H25FN2O/c1-12(21)14-6-3-7-15(18)17(14)20-10-8-16-13(11-20)5-4-9-19(16)2/h3,6-7,12-13,16,21H,4-5,8-11H2,1-2H3/t12-,13?,16?/m0/s1. The Hall–Kier alpha value is -1.13. The van der Waals surface area contributed by atoms with Crippen LogP contribution in [0.25, 0.3) is 0 Å². The second-order valence-electron chi connectivity index (χ2n) is 6.54. The summed E-state index contributed by atoms with van der Waals surface area (Å²) in [6, 6.07) is 5.65. The van der Waals surface area contributed by atoms with Crippen LogP contribution < -0.4 is 4.90 Å². The Bertz CT molecular complexity index is 506. The molecule has 0 saturated carbocycles. The van der Waals surface area contributed by atoms with Crippen LogP contribution in [0.2, 0.25) is 0 Å². The fourth-order valence-corrected chi connectivity index (χ4v) is 4.06. The van der Waals surface area contributed by atoms with E-state index in [9.17, 15) is 9.50 Å². The minimum atomic E-state index is -0.637. The van der Waals surface area contributed by atoms with Crippen molar-refractivity contribution in [2.45, 2.75) is 38.3 Å². The number of halogens is 1. The normalized spacial score (nSPS) is 28.3. The molecule has 2 saturated heterocycles. The van der Waals surface area contributed by atoms with E-state index in [-0.39, 0.29) is 5.82 Å². The molecule has 2 aliphatic rings. The topological polar surface area (TPSA) is 26.7 Å². The fourth-order valence-electron chi connectivity index (χ4n) is 4.06. The molecule has 0 amide bonds. The van der Waals surface area contributed by atoms with Crippen LogP contribution in [0.5, 0.6) is 0 Å². The summed E-state index contributed by atoms with van der Waals surface area (Å²) in [7, 11) is 2.21. The molecule has 3 rings (SSSR count). The van der Waals surface area contributed by atoms with E-state index < -0.39 is 6.10 Å². The molecular formula is C17H25FN2O. The van der Waals surface area contributed by atoms with Crippen LogP contribution in [-0.2, 0) is 0 Å². The molecule has 2 heterocycles. The first-order valence-electron chi connectivity index (χ1n) is 7.99. The van der Waals surface area contributed by atoms with Crippen molar-refractivity contribution < 1.29 is 9.50 Å². The summed E-state index contributed by atoms with van der Waals surface area (Å²) in [5.41, 5.74) is 1.32. The second kappa shape index (κ2) is 5.93. The molecule has 1 N–H and O–H groups in total. The molecule has 0 aliphatic carbocycles. The first-order valence-corrected chi connectivity index (χ1v) is 7.99. The van der Waals surface area contributed by atoms with Crippen molar-refractivity contribution in [3.05, 3.63) is 29.6 Å². The fraction of sp³-hybridized carbons (Fsp3) is 0.647. The first kappa shape index (κ1) is 14.8. The summed E-state index contributed by atoms with van der Waals surface area (Å²) in [5.74, 6) is 0.398. The van der Waals surface area contributed by atoms with E-state index in [4.69, 9.17) is 0 Å². The summed E-state index contributed by atoms with van der Waals surface area (Å²) >= 11 is 0. The van der Waals surface area contributed by atoms with Crippen molar-refractivity contribution in [1.29, 1.82) is 0 Å². The lowest BCUT2D eigenvalue weighted by molar-refractivity contribution is 0.102. The van der Waals surface area contributed by atoms with Gasteiger partial charge in [0.1, 0.15) is 5.82 Å². The van der Waals surface area contributed by atoms with Gasteiger partial charge in [-0.1, -0.05) is 12.1 Å². The summed E-state index contributed by atoms with van der Waals surface area (Å²) < 4.78 is 14.3. The average molecular weight is 292 g/mol. The van der Waals surface area contributed by atoms with Crippen molar-refractivity contribution in [2.75, 3.05) is 31.6 Å². The van der Waals surface area contributed by atoms with E-state index in [2.05, 4.69) is 16.8 Å². The van der Waals surface area contributed by atoms with Gasteiger partial charge in [-0.2, -0.15) is 0 Å². The third-order valence-electron chi connectivity index (χ3n) is 5.13. The molecule has 4 heteroatoms. The van der Waals surface area contributed by atoms with Crippen molar-refractivity contribution in [3.63, 3.8) is 0 Å². The molecule has 3 nitrogen and oxygen atoms in total. The number of aliphatic hydroxyl groups excluding tert-OH is 1. The van der Waals surface area contributed by atoms with Crippen LogP contribution in [0, 0.1) is 11.7 Å². The molecule has 1 aromatic carbocycles. The van der Waals surface area contributed by atoms with Crippen molar-refractivity contribution in [2.24, 2.45) is 5.92 Å². The van der Waals surface area contributed by atoms with E-state index in [0.29, 0.717) is 23.2 Å². The number of likely N-dealkylation sites (tertiary alicyclic amines) is 1. The maximum absolute atomic E-state index is 14.3. The van der Waals surface area contributed by atoms with Gasteiger partial charge in [-0.3, -0.25) is 0 Å². The third-order valence-corrected chi connectivity index (χ3v) is 5.13. The van der Waals surface area contributed by atoms with Crippen LogP contribution >= 0.6 is 0 Å². The highest BCUT2D eigenvalue weighted by Crippen LogP contribution is 2.36. The summed E-state index contributed by atoms with van der Waals surface area (Å²) in [6.07, 6.45) is 2.90. The van der Waals surface area contributed by atoms with Gasteiger partial charge in [0.15, 0.2) is 0 Å². The van der Waals surface area contributed by atoms with Gasteiger partial charge in [-0.25, -0.2) is 4.39 Å². The van der Waals surface area contributed by atoms with Crippen molar-refractivity contribution in [3.8, 4) is 0 Å². The lowest BCUT2D eigenvalue weighted by Crippen LogP contribution is -2.53. The summed E-state index contributed by atoms with van der Waals surface area (Å²) in [5, 5.41) is 9.93. The van der Waals surface area contributed by atoms with Gasteiger partial charge in [0.25, 0.3) is 0 Å². The third kappa shape index (κ3) is 2.79. The Morgan fingerprint density at radius 1 is 1.29 bits per heavy atom. The maximum Gasteiger partial charge on any atom is 0.146 e. The monoisotopic (exact) mass is 292 g/mol.